The molecule has 0 aromatic carbocycles. The molecule has 1 amide bonds. The van der Waals surface area contributed by atoms with Gasteiger partial charge in [-0.1, -0.05) is 0 Å². The number of aliphatic hydroxyl groups excluding tert-OH is 6. The Labute approximate surface area is 249 Å². The molecule has 4 rings (SSSR count). The van der Waals surface area contributed by atoms with E-state index in [1.165, 1.54) is 0 Å². The lowest BCUT2D eigenvalue weighted by molar-refractivity contribution is -0.306. The summed E-state index contributed by atoms with van der Waals surface area (Å²) < 4.78 is 18.0. The first-order chi connectivity index (χ1) is 20.3. The van der Waals surface area contributed by atoms with E-state index < -0.39 is 97.2 Å². The monoisotopic (exact) mass is 622 g/mol. The van der Waals surface area contributed by atoms with Crippen LogP contribution >= 0.6 is 0 Å². The fraction of sp³-hybridized carbons (Fsp3) is 0.962. The maximum absolute atomic E-state index is 13.1. The van der Waals surface area contributed by atoms with Crippen LogP contribution in [0.4, 0.5) is 0 Å². The number of rotatable bonds is 11. The average molecular weight is 623 g/mol. The minimum atomic E-state index is -1.69. The lowest BCUT2D eigenvalue weighted by Crippen LogP contribution is -2.70. The van der Waals surface area contributed by atoms with Crippen molar-refractivity contribution in [2.24, 2.45) is 28.9 Å². The van der Waals surface area contributed by atoms with Crippen LogP contribution in [0.3, 0.4) is 0 Å². The molecule has 2 heterocycles. The number of carbonyl (C=O) groups is 1. The molecule has 14 atom stereocenters. The third kappa shape index (κ3) is 7.65. The van der Waals surface area contributed by atoms with Crippen LogP contribution in [0.5, 0.6) is 0 Å². The second-order valence-electron chi connectivity index (χ2n) is 12.6. The number of hydrogen-bond donors (Lipinski definition) is 13. The highest BCUT2D eigenvalue weighted by Gasteiger charge is 2.55. The predicted octanol–water partition coefficient (Wildman–Crippen LogP) is -7.00. The smallest absolute Gasteiger partial charge is 0.252 e. The quantitative estimate of drug-likeness (QED) is 0.102. The summed E-state index contributed by atoms with van der Waals surface area (Å²) in [6.07, 6.45) is -8.98. The normalized spacial score (nSPS) is 47.9. The Morgan fingerprint density at radius 1 is 1.00 bits per heavy atom. The number of ether oxygens (including phenoxy) is 3. The van der Waals surface area contributed by atoms with E-state index in [4.69, 9.17) is 42.3 Å². The number of amides is 1. The highest BCUT2D eigenvalue weighted by Crippen LogP contribution is 2.38. The van der Waals surface area contributed by atoms with E-state index in [1.54, 1.807) is 0 Å². The summed E-state index contributed by atoms with van der Waals surface area (Å²) in [7, 11) is 0. The zero-order chi connectivity index (χ0) is 31.6. The van der Waals surface area contributed by atoms with Crippen LogP contribution in [0.2, 0.25) is 0 Å². The average Bonchev–Trinajstić information content (AvgIpc) is 2.95. The second kappa shape index (κ2) is 14.5. The topological polar surface area (TPSA) is 315 Å². The zero-order valence-corrected chi connectivity index (χ0v) is 24.1. The predicted molar refractivity (Wildman–Crippen MR) is 149 cm³/mol. The fourth-order valence-corrected chi connectivity index (χ4v) is 6.66. The lowest BCUT2D eigenvalue weighted by Gasteiger charge is -2.51. The van der Waals surface area contributed by atoms with Crippen molar-refractivity contribution in [2.75, 3.05) is 26.3 Å². The summed E-state index contributed by atoms with van der Waals surface area (Å²) in [5.41, 5.74) is 23.1. The van der Waals surface area contributed by atoms with E-state index >= 15 is 0 Å². The molecule has 4 aliphatic rings. The fourth-order valence-electron chi connectivity index (χ4n) is 6.66. The minimum absolute atomic E-state index is 0.0548. The van der Waals surface area contributed by atoms with Crippen molar-refractivity contribution < 1.29 is 54.8 Å². The van der Waals surface area contributed by atoms with Crippen molar-refractivity contribution in [2.45, 2.75) is 123 Å². The first-order valence-electron chi connectivity index (χ1n) is 15.0. The van der Waals surface area contributed by atoms with Crippen LogP contribution < -0.4 is 33.6 Å². The SMILES string of the molecule is NC1CC(O)(C(=O)N[C@@H]2C[C@H](N)C([C@H]3O[C@H](CNCC(O)CO)CC[C@H]3N)[C@H](O)[C@H]2O[C@H]2O[C@H](CO)[C@@H](O)[C@H](N)[C@H]2O)C1. The van der Waals surface area contributed by atoms with E-state index in [0.29, 0.717) is 19.4 Å². The van der Waals surface area contributed by atoms with E-state index in [2.05, 4.69) is 10.6 Å². The lowest BCUT2D eigenvalue weighted by atomic mass is 9.71. The molecule has 0 radical (unpaired) electrons. The van der Waals surface area contributed by atoms with Crippen LogP contribution in [0.15, 0.2) is 0 Å². The largest absolute Gasteiger partial charge is 0.394 e. The molecule has 0 spiro atoms. The van der Waals surface area contributed by atoms with Crippen molar-refractivity contribution in [1.82, 2.24) is 10.6 Å². The standard InChI is InChI=1S/C26H50N6O11/c27-10-4-26(40,5-10)25(39)32-15-3-14(29)17(22-13(28)2-1-12(41-22)7-31-6-11(35)8-33)20(37)23(15)43-24-21(38)18(30)19(36)16(9-34)42-24/h10-24,31,33-38,40H,1-9,27-30H2,(H,32,39)/t10?,11?,12-,13+,14-,15+,16+,17?,18-,19+,20-,21+,22-,23-,24+,26?/m0/s1. The Balaban J connectivity index is 1.54. The Kier molecular flexibility index (Phi) is 11.7. The first kappa shape index (κ1) is 34.7. The van der Waals surface area contributed by atoms with Crippen molar-refractivity contribution in [3.63, 3.8) is 0 Å². The molecule has 17 nitrogen and oxygen atoms in total. The zero-order valence-electron chi connectivity index (χ0n) is 24.1. The molecule has 2 aliphatic heterocycles. The van der Waals surface area contributed by atoms with Gasteiger partial charge in [-0.15, -0.1) is 0 Å². The molecule has 0 bridgehead atoms. The van der Waals surface area contributed by atoms with Gasteiger partial charge in [-0.2, -0.15) is 0 Å². The molecule has 2 saturated carbocycles. The van der Waals surface area contributed by atoms with Gasteiger partial charge in [-0.3, -0.25) is 4.79 Å². The van der Waals surface area contributed by atoms with Gasteiger partial charge in [0.2, 0.25) is 0 Å². The van der Waals surface area contributed by atoms with Crippen molar-refractivity contribution in [1.29, 1.82) is 0 Å². The van der Waals surface area contributed by atoms with Gasteiger partial charge in [0.25, 0.3) is 5.91 Å². The third-order valence-corrected chi connectivity index (χ3v) is 9.25. The maximum atomic E-state index is 13.1. The summed E-state index contributed by atoms with van der Waals surface area (Å²) in [5, 5.41) is 77.6. The van der Waals surface area contributed by atoms with Gasteiger partial charge < -0.3 is 83.5 Å². The van der Waals surface area contributed by atoms with E-state index in [9.17, 15) is 35.4 Å². The number of aliphatic hydroxyl groups is 7. The third-order valence-electron chi connectivity index (χ3n) is 9.25. The Morgan fingerprint density at radius 2 is 1.70 bits per heavy atom. The van der Waals surface area contributed by atoms with Gasteiger partial charge in [0.1, 0.15) is 30.0 Å². The summed E-state index contributed by atoms with van der Waals surface area (Å²) in [4.78, 5) is 13.1. The first-order valence-corrected chi connectivity index (χ1v) is 15.0. The summed E-state index contributed by atoms with van der Waals surface area (Å²) >= 11 is 0. The van der Waals surface area contributed by atoms with Gasteiger partial charge in [-0.05, 0) is 19.3 Å². The summed E-state index contributed by atoms with van der Waals surface area (Å²) in [6, 6.07) is -3.79. The van der Waals surface area contributed by atoms with Crippen LogP contribution in [0.25, 0.3) is 0 Å². The van der Waals surface area contributed by atoms with Crippen LogP contribution in [-0.2, 0) is 19.0 Å². The van der Waals surface area contributed by atoms with Crippen LogP contribution in [-0.4, -0.2) is 159 Å². The highest BCUT2D eigenvalue weighted by molar-refractivity contribution is 5.86. The summed E-state index contributed by atoms with van der Waals surface area (Å²) in [5.74, 6) is -1.51. The molecule has 2 aliphatic carbocycles. The van der Waals surface area contributed by atoms with Gasteiger partial charge in [0.05, 0.1) is 49.7 Å². The maximum Gasteiger partial charge on any atom is 0.252 e. The molecular weight excluding hydrogens is 572 g/mol. The molecule has 4 fully saturated rings. The Morgan fingerprint density at radius 3 is 2.33 bits per heavy atom. The molecular formula is C26H50N6O11. The molecule has 17 N–H and O–H groups in total. The van der Waals surface area contributed by atoms with Crippen molar-refractivity contribution in [3.05, 3.63) is 0 Å². The highest BCUT2D eigenvalue weighted by atomic mass is 16.7. The number of carbonyl (C=O) groups excluding carboxylic acids is 1. The number of nitrogens with two attached hydrogens (primary N) is 4. The van der Waals surface area contributed by atoms with Crippen LogP contribution in [0, 0.1) is 5.92 Å². The van der Waals surface area contributed by atoms with Gasteiger partial charge in [0, 0.05) is 50.0 Å². The van der Waals surface area contributed by atoms with Gasteiger partial charge in [-0.25, -0.2) is 0 Å². The number of nitrogens with one attached hydrogen (secondary N) is 2. The van der Waals surface area contributed by atoms with E-state index in [0.717, 1.165) is 0 Å². The Hall–Kier alpha value is -1.13. The van der Waals surface area contributed by atoms with E-state index in [-0.39, 0.29) is 44.6 Å². The second-order valence-corrected chi connectivity index (χ2v) is 12.6. The van der Waals surface area contributed by atoms with Crippen LogP contribution in [0.1, 0.15) is 32.1 Å². The molecule has 0 aromatic rings. The van der Waals surface area contributed by atoms with Crippen molar-refractivity contribution in [3.8, 4) is 0 Å². The molecule has 2 unspecified atom stereocenters. The molecule has 17 heteroatoms. The minimum Gasteiger partial charge on any atom is -0.394 e. The molecule has 2 saturated heterocycles. The molecule has 43 heavy (non-hydrogen) atoms. The number of hydrogen-bond acceptors (Lipinski definition) is 16. The molecule has 0 aromatic heterocycles. The van der Waals surface area contributed by atoms with Gasteiger partial charge >= 0.3 is 0 Å². The van der Waals surface area contributed by atoms with E-state index in [1.807, 2.05) is 0 Å². The summed E-state index contributed by atoms with van der Waals surface area (Å²) in [6.45, 7) is -0.503. The van der Waals surface area contributed by atoms with Gasteiger partial charge in [0.15, 0.2) is 6.29 Å². The van der Waals surface area contributed by atoms with Crippen molar-refractivity contribution >= 4 is 5.91 Å². The Bertz CT molecular complexity index is 917. The molecule has 250 valence electrons.